The van der Waals surface area contributed by atoms with Crippen LogP contribution >= 0.6 is 0 Å². The number of nitrogens with zero attached hydrogens (tertiary/aromatic N) is 1. The van der Waals surface area contributed by atoms with Crippen LogP contribution in [-0.4, -0.2) is 30.9 Å². The van der Waals surface area contributed by atoms with E-state index in [-0.39, 0.29) is 11.9 Å². The molecule has 45 heavy (non-hydrogen) atoms. The number of carbonyl (C=O) groups excluding carboxylic acids is 1. The second kappa shape index (κ2) is 32.4. The fourth-order valence-electron chi connectivity index (χ4n) is 6.53. The van der Waals surface area contributed by atoms with E-state index in [0.717, 1.165) is 25.9 Å². The first-order chi connectivity index (χ1) is 22.2. The molecule has 262 valence electrons. The van der Waals surface area contributed by atoms with Crippen LogP contribution in [0, 0.1) is 5.92 Å². The minimum Gasteiger partial charge on any atom is -0.372 e. The van der Waals surface area contributed by atoms with Crippen LogP contribution in [0.1, 0.15) is 201 Å². The molecule has 0 spiro atoms. The highest BCUT2D eigenvalue weighted by molar-refractivity contribution is 5.86. The molecule has 1 heterocycles. The van der Waals surface area contributed by atoms with E-state index in [1.54, 1.807) is 0 Å². The molecule has 2 atom stereocenters. The second-order valence-electron chi connectivity index (χ2n) is 13.9. The van der Waals surface area contributed by atoms with Crippen LogP contribution in [0.4, 0.5) is 0 Å². The summed E-state index contributed by atoms with van der Waals surface area (Å²) in [4.78, 5) is 17.4. The highest BCUT2D eigenvalue weighted by atomic mass is 16.1. The normalized spacial score (nSPS) is 14.7. The van der Waals surface area contributed by atoms with Gasteiger partial charge >= 0.3 is 0 Å². The maximum absolute atomic E-state index is 12.6. The Labute approximate surface area is 281 Å². The molecule has 0 bridgehead atoms. The SMILES string of the molecule is CCCCCCCC/C=C\CCCCCCCC(=O)NC(C)CC(CCCCCC/C=C\CCCCCCCC)C1=NCCN1. The van der Waals surface area contributed by atoms with Crippen molar-refractivity contribution >= 4 is 11.7 Å². The lowest BCUT2D eigenvalue weighted by atomic mass is 9.92. The van der Waals surface area contributed by atoms with Crippen molar-refractivity contribution in [3.63, 3.8) is 0 Å². The molecule has 0 radical (unpaired) electrons. The van der Waals surface area contributed by atoms with Gasteiger partial charge in [0.15, 0.2) is 0 Å². The van der Waals surface area contributed by atoms with Crippen LogP contribution < -0.4 is 10.6 Å². The molecule has 0 aliphatic carbocycles. The molecule has 0 aromatic heterocycles. The van der Waals surface area contributed by atoms with Crippen molar-refractivity contribution in [2.45, 2.75) is 207 Å². The first-order valence-corrected chi connectivity index (χ1v) is 20.0. The number of nitrogens with one attached hydrogen (secondary N) is 2. The lowest BCUT2D eigenvalue weighted by Gasteiger charge is -2.22. The summed E-state index contributed by atoms with van der Waals surface area (Å²) in [5, 5.41) is 6.82. The Kier molecular flexibility index (Phi) is 29.8. The number of carbonyl (C=O) groups is 1. The quantitative estimate of drug-likeness (QED) is 0.0562. The van der Waals surface area contributed by atoms with Crippen LogP contribution in [0.2, 0.25) is 0 Å². The Bertz CT molecular complexity index is 743. The Hall–Kier alpha value is -1.58. The molecule has 1 rings (SSSR count). The highest BCUT2D eigenvalue weighted by Crippen LogP contribution is 2.20. The number of amidine groups is 1. The smallest absolute Gasteiger partial charge is 0.220 e. The van der Waals surface area contributed by atoms with Crippen molar-refractivity contribution in [1.82, 2.24) is 10.6 Å². The summed E-state index contributed by atoms with van der Waals surface area (Å²) in [6.07, 6.45) is 45.1. The minimum atomic E-state index is 0.201. The zero-order valence-corrected chi connectivity index (χ0v) is 30.5. The predicted molar refractivity (Wildman–Crippen MR) is 200 cm³/mol. The molecule has 0 fully saturated rings. The highest BCUT2D eigenvalue weighted by Gasteiger charge is 2.21. The first kappa shape index (κ1) is 41.4. The zero-order chi connectivity index (χ0) is 32.5. The molecule has 0 saturated heterocycles. The number of hydrogen-bond donors (Lipinski definition) is 2. The molecular formula is C41H77N3O. The largest absolute Gasteiger partial charge is 0.372 e. The third-order valence-corrected chi connectivity index (χ3v) is 9.36. The fourth-order valence-corrected chi connectivity index (χ4v) is 6.53. The van der Waals surface area contributed by atoms with E-state index >= 15 is 0 Å². The van der Waals surface area contributed by atoms with Crippen molar-refractivity contribution in [3.8, 4) is 0 Å². The number of aliphatic imine (C=N–C) groups is 1. The summed E-state index contributed by atoms with van der Waals surface area (Å²) in [5.74, 6) is 1.86. The molecular weight excluding hydrogens is 550 g/mol. The van der Waals surface area contributed by atoms with Gasteiger partial charge in [-0.1, -0.05) is 141 Å². The first-order valence-electron chi connectivity index (χ1n) is 20.0. The standard InChI is InChI=1S/C41H77N3O/c1-4-6-8-10-12-14-16-18-20-22-24-26-28-30-32-34-40(45)44-38(3)37-39(41-42-35-36-43-41)33-31-29-27-25-23-21-19-17-15-13-11-9-7-5-2/h18-21,38-39H,4-17,22-37H2,1-3H3,(H,42,43)(H,44,45)/b20-18-,21-19-. The van der Waals surface area contributed by atoms with E-state index in [9.17, 15) is 4.79 Å². The lowest BCUT2D eigenvalue weighted by Crippen LogP contribution is -2.37. The molecule has 1 aliphatic rings. The second-order valence-corrected chi connectivity index (χ2v) is 13.9. The summed E-state index contributed by atoms with van der Waals surface area (Å²) in [5.41, 5.74) is 0. The van der Waals surface area contributed by atoms with Gasteiger partial charge in [0.25, 0.3) is 0 Å². The van der Waals surface area contributed by atoms with E-state index < -0.39 is 0 Å². The summed E-state index contributed by atoms with van der Waals surface area (Å²) in [6.45, 7) is 8.60. The summed E-state index contributed by atoms with van der Waals surface area (Å²) >= 11 is 0. The van der Waals surface area contributed by atoms with Crippen LogP contribution in [-0.2, 0) is 4.79 Å². The van der Waals surface area contributed by atoms with Gasteiger partial charge in [-0.05, 0) is 77.6 Å². The van der Waals surface area contributed by atoms with Crippen molar-refractivity contribution in [3.05, 3.63) is 24.3 Å². The number of rotatable bonds is 33. The Balaban J connectivity index is 2.06. The topological polar surface area (TPSA) is 53.5 Å². The minimum absolute atomic E-state index is 0.201. The third kappa shape index (κ3) is 27.3. The number of amides is 1. The Morgan fingerprint density at radius 2 is 1.11 bits per heavy atom. The maximum Gasteiger partial charge on any atom is 0.220 e. The van der Waals surface area contributed by atoms with E-state index in [2.05, 4.69) is 55.7 Å². The van der Waals surface area contributed by atoms with Gasteiger partial charge in [-0.25, -0.2) is 0 Å². The van der Waals surface area contributed by atoms with Gasteiger partial charge < -0.3 is 10.6 Å². The molecule has 0 aromatic carbocycles. The lowest BCUT2D eigenvalue weighted by molar-refractivity contribution is -0.121. The van der Waals surface area contributed by atoms with Gasteiger partial charge in [0, 0.05) is 24.9 Å². The van der Waals surface area contributed by atoms with E-state index in [1.807, 2.05) is 0 Å². The predicted octanol–water partition coefficient (Wildman–Crippen LogP) is 12.2. The molecule has 0 saturated carbocycles. The van der Waals surface area contributed by atoms with Gasteiger partial charge in [-0.2, -0.15) is 0 Å². The number of unbranched alkanes of at least 4 members (excludes halogenated alkanes) is 21. The molecule has 2 unspecified atom stereocenters. The maximum atomic E-state index is 12.6. The molecule has 4 nitrogen and oxygen atoms in total. The summed E-state index contributed by atoms with van der Waals surface area (Å²) in [6, 6.07) is 0.201. The van der Waals surface area contributed by atoms with Crippen molar-refractivity contribution in [2.75, 3.05) is 13.1 Å². The van der Waals surface area contributed by atoms with Crippen molar-refractivity contribution in [1.29, 1.82) is 0 Å². The zero-order valence-electron chi connectivity index (χ0n) is 30.5. The van der Waals surface area contributed by atoms with Gasteiger partial charge in [-0.3, -0.25) is 9.79 Å². The average Bonchev–Trinajstić information content (AvgIpc) is 3.57. The number of hydrogen-bond acceptors (Lipinski definition) is 3. The van der Waals surface area contributed by atoms with Crippen LogP contribution in [0.15, 0.2) is 29.3 Å². The monoisotopic (exact) mass is 628 g/mol. The third-order valence-electron chi connectivity index (χ3n) is 9.36. The number of allylic oxidation sites excluding steroid dienone is 4. The molecule has 1 amide bonds. The van der Waals surface area contributed by atoms with Gasteiger partial charge in [-0.15, -0.1) is 0 Å². The molecule has 4 heteroatoms. The molecule has 0 aromatic rings. The molecule has 1 aliphatic heterocycles. The summed E-state index contributed by atoms with van der Waals surface area (Å²) < 4.78 is 0. The van der Waals surface area contributed by atoms with E-state index in [1.165, 1.54) is 166 Å². The van der Waals surface area contributed by atoms with Crippen molar-refractivity contribution in [2.24, 2.45) is 10.9 Å². The van der Waals surface area contributed by atoms with Gasteiger partial charge in [0.1, 0.15) is 0 Å². The van der Waals surface area contributed by atoms with Gasteiger partial charge in [0.2, 0.25) is 5.91 Å². The van der Waals surface area contributed by atoms with Crippen LogP contribution in [0.3, 0.4) is 0 Å². The van der Waals surface area contributed by atoms with E-state index in [4.69, 9.17) is 4.99 Å². The van der Waals surface area contributed by atoms with E-state index in [0.29, 0.717) is 12.3 Å². The van der Waals surface area contributed by atoms with Crippen LogP contribution in [0.25, 0.3) is 0 Å². The van der Waals surface area contributed by atoms with Gasteiger partial charge in [0.05, 0.1) is 12.4 Å². The fraction of sp³-hybridized carbons (Fsp3) is 0.854. The molecule has 2 N–H and O–H groups in total. The Morgan fingerprint density at radius 1 is 0.667 bits per heavy atom. The average molecular weight is 628 g/mol. The van der Waals surface area contributed by atoms with Crippen LogP contribution in [0.5, 0.6) is 0 Å². The Morgan fingerprint density at radius 3 is 1.58 bits per heavy atom. The summed E-state index contributed by atoms with van der Waals surface area (Å²) in [7, 11) is 0. The van der Waals surface area contributed by atoms with Crippen molar-refractivity contribution < 1.29 is 4.79 Å².